The molecule has 0 aliphatic heterocycles. The first-order valence-electron chi connectivity index (χ1n) is 6.61. The molecule has 0 radical (unpaired) electrons. The highest BCUT2D eigenvalue weighted by Crippen LogP contribution is 2.35. The largest absolute Gasteiger partial charge is 0.478 e. The SMILES string of the molecule is O=C(O)/C(=C/c1c(C(=O)O)[nH]c2cc(Cl)cc(Cl)c12)c1cccs1. The number of carboxylic acid groups (broad SMARTS) is 2. The molecule has 0 amide bonds. The Morgan fingerprint density at radius 1 is 1.21 bits per heavy atom. The predicted molar refractivity (Wildman–Crippen MR) is 95.1 cm³/mol. The van der Waals surface area contributed by atoms with Crippen LogP contribution in [0.15, 0.2) is 29.6 Å². The summed E-state index contributed by atoms with van der Waals surface area (Å²) in [5, 5.41) is 21.7. The molecule has 0 saturated heterocycles. The van der Waals surface area contributed by atoms with E-state index in [2.05, 4.69) is 4.98 Å². The van der Waals surface area contributed by atoms with Gasteiger partial charge in [0.2, 0.25) is 0 Å². The van der Waals surface area contributed by atoms with Gasteiger partial charge in [-0.15, -0.1) is 11.3 Å². The van der Waals surface area contributed by atoms with Crippen molar-refractivity contribution < 1.29 is 19.8 Å². The quantitative estimate of drug-likeness (QED) is 0.562. The second kappa shape index (κ2) is 6.32. The van der Waals surface area contributed by atoms with Crippen LogP contribution >= 0.6 is 34.5 Å². The van der Waals surface area contributed by atoms with E-state index in [4.69, 9.17) is 23.2 Å². The highest BCUT2D eigenvalue weighted by Gasteiger charge is 2.21. The molecule has 0 unspecified atom stereocenters. The number of aliphatic carboxylic acids is 1. The van der Waals surface area contributed by atoms with Gasteiger partial charge in [0.05, 0.1) is 10.6 Å². The van der Waals surface area contributed by atoms with Gasteiger partial charge in [-0.2, -0.15) is 0 Å². The van der Waals surface area contributed by atoms with Gasteiger partial charge in [-0.3, -0.25) is 0 Å². The third kappa shape index (κ3) is 2.91. The van der Waals surface area contributed by atoms with E-state index in [0.29, 0.717) is 20.8 Å². The van der Waals surface area contributed by atoms with Crippen molar-refractivity contribution in [2.75, 3.05) is 0 Å². The second-order valence-electron chi connectivity index (χ2n) is 4.87. The van der Waals surface area contributed by atoms with Crippen molar-refractivity contribution in [3.8, 4) is 0 Å². The summed E-state index contributed by atoms with van der Waals surface area (Å²) in [7, 11) is 0. The van der Waals surface area contributed by atoms with E-state index in [0.717, 1.165) is 0 Å². The summed E-state index contributed by atoms with van der Waals surface area (Å²) < 4.78 is 0. The first kappa shape index (κ1) is 16.6. The lowest BCUT2D eigenvalue weighted by molar-refractivity contribution is -0.130. The maximum Gasteiger partial charge on any atom is 0.352 e. The molecule has 0 spiro atoms. The Morgan fingerprint density at radius 3 is 2.54 bits per heavy atom. The Hall–Kier alpha value is -2.28. The fourth-order valence-electron chi connectivity index (χ4n) is 2.40. The van der Waals surface area contributed by atoms with Gasteiger partial charge < -0.3 is 15.2 Å². The van der Waals surface area contributed by atoms with Gasteiger partial charge >= 0.3 is 11.9 Å². The number of carbonyl (C=O) groups is 2. The van der Waals surface area contributed by atoms with Gasteiger partial charge in [-0.25, -0.2) is 9.59 Å². The Kier molecular flexibility index (Phi) is 4.36. The molecular formula is C16H9Cl2NO4S. The summed E-state index contributed by atoms with van der Waals surface area (Å²) in [5.74, 6) is -2.38. The van der Waals surface area contributed by atoms with Crippen molar-refractivity contribution in [2.45, 2.75) is 0 Å². The van der Waals surface area contributed by atoms with E-state index in [1.807, 2.05) is 0 Å². The number of aromatic nitrogens is 1. The Balaban J connectivity index is 2.35. The summed E-state index contributed by atoms with van der Waals surface area (Å²) in [5.41, 5.74) is 0.459. The second-order valence-corrected chi connectivity index (χ2v) is 6.66. The number of aromatic carboxylic acids is 1. The summed E-state index contributed by atoms with van der Waals surface area (Å²) in [6.45, 7) is 0. The third-order valence-electron chi connectivity index (χ3n) is 3.37. The summed E-state index contributed by atoms with van der Waals surface area (Å²) >= 11 is 13.4. The monoisotopic (exact) mass is 381 g/mol. The Labute approximate surface area is 149 Å². The minimum Gasteiger partial charge on any atom is -0.478 e. The lowest BCUT2D eigenvalue weighted by Crippen LogP contribution is -2.01. The first-order valence-corrected chi connectivity index (χ1v) is 8.25. The lowest BCUT2D eigenvalue weighted by atomic mass is 10.1. The molecule has 24 heavy (non-hydrogen) atoms. The number of rotatable bonds is 4. The topological polar surface area (TPSA) is 90.4 Å². The molecule has 2 aromatic heterocycles. The maximum atomic E-state index is 11.6. The lowest BCUT2D eigenvalue weighted by Gasteiger charge is -2.02. The van der Waals surface area contributed by atoms with Crippen LogP contribution in [0.4, 0.5) is 0 Å². The van der Waals surface area contributed by atoms with Crippen LogP contribution in [-0.2, 0) is 4.79 Å². The first-order chi connectivity index (χ1) is 11.4. The molecular weight excluding hydrogens is 373 g/mol. The zero-order valence-electron chi connectivity index (χ0n) is 11.8. The molecule has 1 aromatic carbocycles. The molecule has 122 valence electrons. The molecule has 0 aliphatic carbocycles. The van der Waals surface area contributed by atoms with Crippen molar-refractivity contribution in [3.63, 3.8) is 0 Å². The average molecular weight is 382 g/mol. The number of nitrogens with one attached hydrogen (secondary N) is 1. The minimum atomic E-state index is -1.22. The Morgan fingerprint density at radius 2 is 1.96 bits per heavy atom. The van der Waals surface area contributed by atoms with Crippen molar-refractivity contribution in [1.29, 1.82) is 0 Å². The minimum absolute atomic E-state index is 0.0144. The molecule has 0 saturated carbocycles. The zero-order valence-corrected chi connectivity index (χ0v) is 14.2. The van der Waals surface area contributed by atoms with E-state index in [1.165, 1.54) is 29.5 Å². The third-order valence-corrected chi connectivity index (χ3v) is 4.79. The number of carboxylic acids is 2. The molecule has 5 nitrogen and oxygen atoms in total. The van der Waals surface area contributed by atoms with E-state index < -0.39 is 11.9 Å². The van der Waals surface area contributed by atoms with E-state index in [-0.39, 0.29) is 21.9 Å². The molecule has 2 heterocycles. The number of benzene rings is 1. The van der Waals surface area contributed by atoms with Gasteiger partial charge in [-0.05, 0) is 29.7 Å². The van der Waals surface area contributed by atoms with Crippen LogP contribution in [0, 0.1) is 0 Å². The van der Waals surface area contributed by atoms with Crippen LogP contribution in [0.5, 0.6) is 0 Å². The van der Waals surface area contributed by atoms with Crippen LogP contribution in [0.1, 0.15) is 20.9 Å². The normalized spacial score (nSPS) is 11.8. The molecule has 0 fully saturated rings. The van der Waals surface area contributed by atoms with Gasteiger partial charge in [-0.1, -0.05) is 29.3 Å². The predicted octanol–water partition coefficient (Wildman–Crippen LogP) is 4.86. The van der Waals surface area contributed by atoms with E-state index in [9.17, 15) is 19.8 Å². The number of fused-ring (bicyclic) bond motifs is 1. The van der Waals surface area contributed by atoms with Crippen LogP contribution < -0.4 is 0 Å². The number of halogens is 2. The highest BCUT2D eigenvalue weighted by molar-refractivity contribution is 7.11. The number of thiophene rings is 1. The molecule has 3 aromatic rings. The standard InChI is InChI=1S/C16H9Cl2NO4S/c17-7-4-10(18)13-9(14(16(22)23)19-11(13)5-7)6-8(15(20)21)12-2-1-3-24-12/h1-6,19H,(H,20,21)(H,22,23)/b8-6+. The number of hydrogen-bond donors (Lipinski definition) is 3. The summed E-state index contributed by atoms with van der Waals surface area (Å²) in [6.07, 6.45) is 1.32. The van der Waals surface area contributed by atoms with E-state index in [1.54, 1.807) is 17.5 Å². The van der Waals surface area contributed by atoms with Crippen molar-refractivity contribution >= 4 is 69.0 Å². The average Bonchev–Trinajstić information content (AvgIpc) is 3.11. The van der Waals surface area contributed by atoms with Crippen molar-refractivity contribution in [3.05, 3.63) is 55.8 Å². The fourth-order valence-corrected chi connectivity index (χ4v) is 3.73. The van der Waals surface area contributed by atoms with Crippen LogP contribution in [-0.4, -0.2) is 27.1 Å². The zero-order chi connectivity index (χ0) is 17.4. The van der Waals surface area contributed by atoms with Gasteiger partial charge in [0, 0.05) is 26.4 Å². The van der Waals surface area contributed by atoms with Gasteiger partial charge in [0.1, 0.15) is 5.69 Å². The molecule has 8 heteroatoms. The van der Waals surface area contributed by atoms with Crippen LogP contribution in [0.2, 0.25) is 10.0 Å². The molecule has 0 atom stereocenters. The fraction of sp³-hybridized carbons (Fsp3) is 0. The smallest absolute Gasteiger partial charge is 0.352 e. The molecule has 0 bridgehead atoms. The highest BCUT2D eigenvalue weighted by atomic mass is 35.5. The summed E-state index contributed by atoms with van der Waals surface area (Å²) in [4.78, 5) is 26.4. The van der Waals surface area contributed by atoms with Gasteiger partial charge in [0.25, 0.3) is 0 Å². The van der Waals surface area contributed by atoms with Crippen molar-refractivity contribution in [2.24, 2.45) is 0 Å². The van der Waals surface area contributed by atoms with Crippen LogP contribution in [0.25, 0.3) is 22.6 Å². The number of aromatic amines is 1. The summed E-state index contributed by atoms with van der Waals surface area (Å²) in [6, 6.07) is 6.39. The van der Waals surface area contributed by atoms with E-state index >= 15 is 0 Å². The molecule has 3 rings (SSSR count). The Bertz CT molecular complexity index is 989. The van der Waals surface area contributed by atoms with Crippen molar-refractivity contribution in [1.82, 2.24) is 4.98 Å². The number of H-pyrrole nitrogens is 1. The molecule has 3 N–H and O–H groups in total. The maximum absolute atomic E-state index is 11.6. The van der Waals surface area contributed by atoms with Gasteiger partial charge in [0.15, 0.2) is 0 Å². The molecule has 0 aliphatic rings. The number of hydrogen-bond acceptors (Lipinski definition) is 3. The van der Waals surface area contributed by atoms with Crippen LogP contribution in [0.3, 0.4) is 0 Å².